The molecule has 2 aliphatic carbocycles. The molecule has 40 atom stereocenters. The van der Waals surface area contributed by atoms with Crippen LogP contribution in [0.25, 0.3) is 0 Å². The van der Waals surface area contributed by atoms with Crippen molar-refractivity contribution in [2.45, 2.75) is 490 Å². The Balaban J connectivity index is 0.000000604. The molecular weight excluding hydrogens is 2680 g/mol. The zero-order valence-corrected chi connectivity index (χ0v) is 106. The first-order chi connectivity index (χ1) is 64.9. The number of ether oxygens (including phenoxy) is 18. The molecule has 0 aromatic rings. The fraction of sp³-hybridized carbons (Fsp3) is 0.978. The number of phosphoric acid groups is 2. The molecule has 0 radical (unpaired) electrons. The van der Waals surface area contributed by atoms with Gasteiger partial charge in [0.05, 0.1) is 218 Å². The normalized spacial score (nSPS) is 37.4. The fourth-order valence-electron chi connectivity index (χ4n) is 17.8. The van der Waals surface area contributed by atoms with E-state index in [1.165, 1.54) is 0 Å². The molecule has 0 amide bonds. The summed E-state index contributed by atoms with van der Waals surface area (Å²) in [6.07, 6.45) is -8.82. The summed E-state index contributed by atoms with van der Waals surface area (Å²) in [6.45, 7) is 56.5. The molecule has 10 rings (SSSR count). The second kappa shape index (κ2) is 67.2. The van der Waals surface area contributed by atoms with Gasteiger partial charge in [0, 0.05) is 121 Å². The molecular formula is C92H175N3O40P5W4-7. The van der Waals surface area contributed by atoms with Gasteiger partial charge in [0.1, 0.15) is 54.9 Å². The van der Waals surface area contributed by atoms with E-state index in [2.05, 4.69) is 15.3 Å². The van der Waals surface area contributed by atoms with Gasteiger partial charge in [-0.1, -0.05) is 39.9 Å². The summed E-state index contributed by atoms with van der Waals surface area (Å²) in [7, 11) is -22.4. The summed E-state index contributed by atoms with van der Waals surface area (Å²) in [5.41, 5.74) is 0. The molecule has 8 aliphatic heterocycles. The molecule has 0 aromatic carbocycles. The van der Waals surface area contributed by atoms with Crippen LogP contribution in [-0.4, -0.2) is 342 Å². The number of aliphatic hydroxyl groups excluding tert-OH is 5. The summed E-state index contributed by atoms with van der Waals surface area (Å²) in [5, 5.41) is 59.1. The zero-order chi connectivity index (χ0) is 105. The van der Waals surface area contributed by atoms with E-state index in [0.29, 0.717) is 45.3 Å². The maximum Gasteiger partial charge on any atom is 0.265 e. The summed E-state index contributed by atoms with van der Waals surface area (Å²) < 4.78 is 201. The average Bonchev–Trinajstić information content (AvgIpc) is 1.67. The maximum absolute atomic E-state index is 12.5. The molecule has 0 aromatic heterocycles. The molecule has 10 fully saturated rings. The second-order valence-corrected chi connectivity index (χ2v) is 48.4. The largest absolute Gasteiger partial charge is 0.766 e. The van der Waals surface area contributed by atoms with Crippen LogP contribution in [0.4, 0.5) is 0 Å². The Morgan fingerprint density at radius 1 is 0.306 bits per heavy atom. The van der Waals surface area contributed by atoms with Crippen LogP contribution in [0.15, 0.2) is 0 Å². The second-order valence-electron chi connectivity index (χ2n) is 41.1. The predicted octanol–water partition coefficient (Wildman–Crippen LogP) is 7.08. The smallest absolute Gasteiger partial charge is 0.265 e. The van der Waals surface area contributed by atoms with Gasteiger partial charge in [-0.3, -0.25) is 50.9 Å². The molecule has 0 spiro atoms. The van der Waals surface area contributed by atoms with Gasteiger partial charge >= 0.3 is 0 Å². The molecule has 8 heterocycles. The number of rotatable bonds is 50. The summed E-state index contributed by atoms with van der Waals surface area (Å²) in [5.74, 6) is -0.747. The van der Waals surface area contributed by atoms with Gasteiger partial charge in [0.15, 0.2) is 0 Å². The Morgan fingerprint density at radius 2 is 0.597 bits per heavy atom. The van der Waals surface area contributed by atoms with Gasteiger partial charge in [-0.25, -0.2) is 0 Å². The van der Waals surface area contributed by atoms with Crippen LogP contribution in [0, 0.1) is 36.5 Å². The van der Waals surface area contributed by atoms with E-state index < -0.39 is 173 Å². The minimum absolute atomic E-state index is 0. The van der Waals surface area contributed by atoms with E-state index in [-0.39, 0.29) is 277 Å². The fourth-order valence-corrected chi connectivity index (χ4v) is 22.9. The number of nitrogens with one attached hydrogen (secondary N) is 3. The molecule has 8 saturated heterocycles. The average molecular weight is 2850 g/mol. The van der Waals surface area contributed by atoms with Crippen molar-refractivity contribution >= 4 is 38.9 Å². The van der Waals surface area contributed by atoms with Gasteiger partial charge < -0.3 is 167 Å². The quantitative estimate of drug-likeness (QED) is 0.0223. The van der Waals surface area contributed by atoms with Gasteiger partial charge in [-0.2, -0.15) is 0 Å². The molecule has 10 unspecified atom stereocenters. The molecule has 2 saturated carbocycles. The third-order valence-corrected chi connectivity index (χ3v) is 29.7. The van der Waals surface area contributed by atoms with Crippen LogP contribution < -0.4 is 39.7 Å². The first kappa shape index (κ1) is 142. The third kappa shape index (κ3) is 50.5. The van der Waals surface area contributed by atoms with Crippen LogP contribution in [0.5, 0.6) is 0 Å². The Hall–Kier alpha value is 2.38. The van der Waals surface area contributed by atoms with E-state index in [1.54, 1.807) is 40.5 Å². The third-order valence-electron chi connectivity index (χ3n) is 24.4. The van der Waals surface area contributed by atoms with Gasteiger partial charge in [0.25, 0.3) is 15.6 Å². The molecule has 43 nitrogen and oxygen atoms in total. The van der Waals surface area contributed by atoms with Crippen LogP contribution in [0.3, 0.4) is 0 Å². The number of hydrogen-bond donors (Lipinski definition) is 8. The summed E-state index contributed by atoms with van der Waals surface area (Å²) in [6, 6.07) is -0.818. The van der Waals surface area contributed by atoms with Gasteiger partial charge in [-0.05, 0) is 230 Å². The SMILES string of the molecule is CC(C)OC[C@H]1O[C@@H](C)C(O)[C@H]1OP(=O)([O-])NC[C@H]1O[C@@H](C)C[C@H]1OC(C)C.CC(C)OC[C@H]1O[C@@H](C)C[C@H]1NP(=O)([O-])OC[C@H]1C(O)[C@@H](C)C[C@H]1OC(C)C.CC(C)OC[C@H]1O[C@@H](C)C[C@H]1NP(=O)([O-])OC[C@H]1O[C@@H](C)C(O)[C@H]1OC(C)C.CC(C)OC[C@H]1O[C@@H](C)[CH-][C@H]1OP(=O)([O-])OC[C@H]1C(O)[C@@H](C)C[C@H]1OC(C)C.CC(C)OC[C@H]1O[C@@H](C)[CH-][C@H]1OP(=O)([O-])OC[C@H]1O[C@@H](C)C(O)[C@H]1OC(C)C.[W].[W].[W].[W]. The van der Waals surface area contributed by atoms with Crippen LogP contribution in [0.1, 0.15) is 240 Å². The van der Waals surface area contributed by atoms with Crippen molar-refractivity contribution in [3.8, 4) is 0 Å². The van der Waals surface area contributed by atoms with Crippen LogP contribution in [0.2, 0.25) is 0 Å². The zero-order valence-electron chi connectivity index (χ0n) is 89.6. The Morgan fingerprint density at radius 3 is 0.951 bits per heavy atom. The molecule has 854 valence electrons. The summed E-state index contributed by atoms with van der Waals surface area (Å²) >= 11 is 0. The van der Waals surface area contributed by atoms with Gasteiger partial charge in [0.2, 0.25) is 23.2 Å². The van der Waals surface area contributed by atoms with Crippen molar-refractivity contribution in [3.05, 3.63) is 12.8 Å². The first-order valence-corrected chi connectivity index (χ1v) is 57.6. The monoisotopic (exact) mass is 2850 g/mol. The van der Waals surface area contributed by atoms with Crippen LogP contribution >= 0.6 is 38.9 Å². The van der Waals surface area contributed by atoms with Crippen molar-refractivity contribution < 1.29 is 274 Å². The van der Waals surface area contributed by atoms with Crippen molar-refractivity contribution in [2.24, 2.45) is 23.7 Å². The number of aliphatic hydroxyl groups is 5. The van der Waals surface area contributed by atoms with Gasteiger partial charge in [-0.15, -0.1) is 0 Å². The Bertz CT molecular complexity index is 3570. The Kier molecular flexibility index (Phi) is 66.5. The minimum Gasteiger partial charge on any atom is -0.766 e. The molecule has 0 bridgehead atoms. The van der Waals surface area contributed by atoms with Crippen LogP contribution in [-0.2, 0) is 224 Å². The number of phosphoric ester groups is 2. The molecule has 144 heavy (non-hydrogen) atoms. The standard InChI is InChI=1S/C19H38NO7P.C19H36O8P.2C18H36NO8P.C18H34O9P.4W/c1-11(2)24-10-18-16(8-14(6)27-18)20-28(22,23)25-9-15-17(26-12(3)4)7-13(5)19(15)21;1-11(2)23-10-18-17(8-14(6)26-18)27-28(21,22)24-9-15-16(25-12(3)4)7-13(5)19(15)20;1-10(2)23-8-15-14(7-12(5)26-15)19-28(21,22)24-9-16-18(25-11(3)4)17(20)13(6)27-16;1-10(2)23-9-16-18(17(20)13(6)26-16)27-28(21,22)19-8-15-14(24-11(3)4)7-12(5)25-15;1-10(2)22-8-15-14(7-12(5)25-15)27-28(20,21)23-9-16-18(24-11(3)4)17(19)13(6)26-16;;;;/h11-19,21H,7-10H2,1-6H3,(H2,20,22,23);8,11-20H,7,9-10H2,1-6H3,(H,21,22);2*10-18,20H,7-9H2,1-6H3,(H2,19,21,22);7,10-19H,8-9H2,1-6H3,(H,20,21);;;;/q;-1;;;-1;;;;/p-5/t2*13-,14-,15+,16+,17+,18+,19?;3*12-,13-,14+,15+,16+,17?,18-;;;;/m00000..../s1. The number of hydrogen-bond acceptors (Lipinski definition) is 40. The van der Waals surface area contributed by atoms with Crippen molar-refractivity contribution in [3.63, 3.8) is 0 Å². The maximum atomic E-state index is 12.5. The first-order valence-electron chi connectivity index (χ1n) is 50.1. The topological polar surface area (TPSA) is 569 Å². The molecule has 8 N–H and O–H groups in total. The molecule has 52 heteroatoms. The van der Waals surface area contributed by atoms with E-state index >= 15 is 0 Å². The van der Waals surface area contributed by atoms with Crippen molar-refractivity contribution in [1.29, 1.82) is 0 Å². The Labute approximate surface area is 914 Å². The minimum atomic E-state index is -4.64. The predicted molar refractivity (Wildman–Crippen MR) is 506 cm³/mol. The van der Waals surface area contributed by atoms with E-state index in [1.807, 2.05) is 180 Å². The molecule has 10 aliphatic rings. The van der Waals surface area contributed by atoms with Crippen molar-refractivity contribution in [2.75, 3.05) is 66.0 Å². The van der Waals surface area contributed by atoms with Crippen molar-refractivity contribution in [1.82, 2.24) is 15.3 Å². The van der Waals surface area contributed by atoms with E-state index in [4.69, 9.17) is 117 Å². The van der Waals surface area contributed by atoms with E-state index in [0.717, 1.165) is 0 Å². The summed E-state index contributed by atoms with van der Waals surface area (Å²) in [4.78, 5) is 62.2. The van der Waals surface area contributed by atoms with E-state index in [9.17, 15) is 72.8 Å².